The van der Waals surface area contributed by atoms with Crippen molar-refractivity contribution < 1.29 is 4.42 Å². The molecule has 1 aromatic heterocycles. The number of aryl methyl sites for hydroxylation is 1. The van der Waals surface area contributed by atoms with Gasteiger partial charge >= 0.3 is 0 Å². The van der Waals surface area contributed by atoms with Crippen LogP contribution in [0, 0.1) is 6.92 Å². The van der Waals surface area contributed by atoms with Crippen LogP contribution in [0.2, 0.25) is 0 Å². The van der Waals surface area contributed by atoms with Gasteiger partial charge in [0.05, 0.1) is 6.54 Å². The van der Waals surface area contributed by atoms with Crippen molar-refractivity contribution in [3.8, 4) is 11.3 Å². The number of benzene rings is 1. The largest absolute Gasteiger partial charge is 0.460 e. The fourth-order valence-corrected chi connectivity index (χ4v) is 1.73. The van der Waals surface area contributed by atoms with Crippen LogP contribution in [-0.2, 0) is 6.54 Å². The SMILES string of the molecule is Cc1cccc(-c2ccc(CNC(C)C)o2)c1. The van der Waals surface area contributed by atoms with E-state index in [0.717, 1.165) is 23.6 Å². The van der Waals surface area contributed by atoms with Crippen LogP contribution in [0.25, 0.3) is 11.3 Å². The monoisotopic (exact) mass is 229 g/mol. The van der Waals surface area contributed by atoms with Crippen LogP contribution < -0.4 is 5.32 Å². The van der Waals surface area contributed by atoms with Crippen LogP contribution in [-0.4, -0.2) is 6.04 Å². The summed E-state index contributed by atoms with van der Waals surface area (Å²) in [5.41, 5.74) is 2.39. The molecular formula is C15H19NO. The minimum absolute atomic E-state index is 0.475. The lowest BCUT2D eigenvalue weighted by atomic mass is 10.1. The number of hydrogen-bond acceptors (Lipinski definition) is 2. The molecule has 1 aromatic carbocycles. The predicted octanol–water partition coefficient (Wildman–Crippen LogP) is 3.75. The lowest BCUT2D eigenvalue weighted by Crippen LogP contribution is -2.21. The third kappa shape index (κ3) is 3.21. The Morgan fingerprint density at radius 3 is 2.71 bits per heavy atom. The molecule has 0 atom stereocenters. The molecule has 0 bridgehead atoms. The molecule has 0 aliphatic heterocycles. The van der Waals surface area contributed by atoms with Gasteiger partial charge in [-0.15, -0.1) is 0 Å². The molecule has 2 rings (SSSR count). The van der Waals surface area contributed by atoms with Crippen LogP contribution in [0.4, 0.5) is 0 Å². The standard InChI is InChI=1S/C15H19NO/c1-11(2)16-10-14-7-8-15(17-14)13-6-4-5-12(3)9-13/h4-9,11,16H,10H2,1-3H3. The van der Waals surface area contributed by atoms with Crippen molar-refractivity contribution in [3.63, 3.8) is 0 Å². The summed E-state index contributed by atoms with van der Waals surface area (Å²) in [6.45, 7) is 7.13. The zero-order valence-electron chi connectivity index (χ0n) is 10.7. The summed E-state index contributed by atoms with van der Waals surface area (Å²) in [6, 6.07) is 12.9. The highest BCUT2D eigenvalue weighted by Gasteiger charge is 2.05. The first kappa shape index (κ1) is 11.9. The number of furan rings is 1. The van der Waals surface area contributed by atoms with E-state index >= 15 is 0 Å². The summed E-state index contributed by atoms with van der Waals surface area (Å²) < 4.78 is 5.81. The minimum Gasteiger partial charge on any atom is -0.460 e. The van der Waals surface area contributed by atoms with Crippen molar-refractivity contribution in [1.29, 1.82) is 0 Å². The van der Waals surface area contributed by atoms with E-state index in [1.165, 1.54) is 5.56 Å². The number of nitrogens with one attached hydrogen (secondary N) is 1. The van der Waals surface area contributed by atoms with Gasteiger partial charge in [-0.05, 0) is 25.1 Å². The molecule has 0 aliphatic rings. The minimum atomic E-state index is 0.475. The van der Waals surface area contributed by atoms with Crippen molar-refractivity contribution in [2.24, 2.45) is 0 Å². The second-order valence-electron chi connectivity index (χ2n) is 4.67. The molecule has 1 N–H and O–H groups in total. The van der Waals surface area contributed by atoms with Crippen molar-refractivity contribution in [2.75, 3.05) is 0 Å². The van der Waals surface area contributed by atoms with Gasteiger partial charge in [-0.3, -0.25) is 0 Å². The van der Waals surface area contributed by atoms with Gasteiger partial charge < -0.3 is 9.73 Å². The van der Waals surface area contributed by atoms with Gasteiger partial charge in [-0.1, -0.05) is 37.6 Å². The molecule has 0 radical (unpaired) electrons. The molecule has 2 aromatic rings. The fourth-order valence-electron chi connectivity index (χ4n) is 1.73. The highest BCUT2D eigenvalue weighted by atomic mass is 16.3. The molecule has 0 unspecified atom stereocenters. The molecule has 2 heteroatoms. The van der Waals surface area contributed by atoms with E-state index in [0.29, 0.717) is 6.04 Å². The van der Waals surface area contributed by atoms with Gasteiger partial charge in [0.2, 0.25) is 0 Å². The topological polar surface area (TPSA) is 25.2 Å². The predicted molar refractivity (Wildman–Crippen MR) is 70.9 cm³/mol. The maximum absolute atomic E-state index is 5.81. The van der Waals surface area contributed by atoms with E-state index in [2.05, 4.69) is 50.4 Å². The first-order chi connectivity index (χ1) is 8.15. The van der Waals surface area contributed by atoms with E-state index in [9.17, 15) is 0 Å². The maximum Gasteiger partial charge on any atom is 0.134 e. The quantitative estimate of drug-likeness (QED) is 0.863. The first-order valence-electron chi connectivity index (χ1n) is 6.04. The summed E-state index contributed by atoms with van der Waals surface area (Å²) in [7, 11) is 0. The molecule has 2 nitrogen and oxygen atoms in total. The Morgan fingerprint density at radius 1 is 1.18 bits per heavy atom. The summed E-state index contributed by atoms with van der Waals surface area (Å²) in [5.74, 6) is 1.92. The van der Waals surface area contributed by atoms with Gasteiger partial charge in [0.15, 0.2) is 0 Å². The summed E-state index contributed by atoms with van der Waals surface area (Å²) in [4.78, 5) is 0. The molecule has 0 spiro atoms. The second kappa shape index (κ2) is 5.19. The molecule has 0 saturated heterocycles. The lowest BCUT2D eigenvalue weighted by Gasteiger charge is -2.05. The van der Waals surface area contributed by atoms with Crippen molar-refractivity contribution in [3.05, 3.63) is 47.7 Å². The molecule has 17 heavy (non-hydrogen) atoms. The first-order valence-corrected chi connectivity index (χ1v) is 6.04. The van der Waals surface area contributed by atoms with Crippen LogP contribution >= 0.6 is 0 Å². The Kier molecular flexibility index (Phi) is 3.64. The van der Waals surface area contributed by atoms with E-state index in [4.69, 9.17) is 4.42 Å². The average Bonchev–Trinajstić information content (AvgIpc) is 2.75. The zero-order valence-corrected chi connectivity index (χ0v) is 10.7. The van der Waals surface area contributed by atoms with Gasteiger partial charge in [-0.2, -0.15) is 0 Å². The fraction of sp³-hybridized carbons (Fsp3) is 0.333. The third-order valence-corrected chi connectivity index (χ3v) is 2.65. The summed E-state index contributed by atoms with van der Waals surface area (Å²) >= 11 is 0. The highest BCUT2D eigenvalue weighted by Crippen LogP contribution is 2.22. The Balaban J connectivity index is 2.12. The highest BCUT2D eigenvalue weighted by molar-refractivity contribution is 5.58. The van der Waals surface area contributed by atoms with Crippen LogP contribution in [0.15, 0.2) is 40.8 Å². The van der Waals surface area contributed by atoms with E-state index < -0.39 is 0 Å². The second-order valence-corrected chi connectivity index (χ2v) is 4.67. The lowest BCUT2D eigenvalue weighted by molar-refractivity contribution is 0.473. The summed E-state index contributed by atoms with van der Waals surface area (Å²) in [5, 5.41) is 3.34. The van der Waals surface area contributed by atoms with Crippen LogP contribution in [0.5, 0.6) is 0 Å². The third-order valence-electron chi connectivity index (χ3n) is 2.65. The summed E-state index contributed by atoms with van der Waals surface area (Å²) in [6.07, 6.45) is 0. The molecule has 0 fully saturated rings. The number of rotatable bonds is 4. The molecule has 90 valence electrons. The average molecular weight is 229 g/mol. The molecule has 0 amide bonds. The van der Waals surface area contributed by atoms with E-state index in [1.807, 2.05) is 12.1 Å². The molecule has 0 aliphatic carbocycles. The van der Waals surface area contributed by atoms with Gasteiger partial charge in [0, 0.05) is 11.6 Å². The van der Waals surface area contributed by atoms with Crippen molar-refractivity contribution in [1.82, 2.24) is 5.32 Å². The van der Waals surface area contributed by atoms with Crippen LogP contribution in [0.3, 0.4) is 0 Å². The van der Waals surface area contributed by atoms with Crippen molar-refractivity contribution in [2.45, 2.75) is 33.4 Å². The Bertz CT molecular complexity index is 485. The number of hydrogen-bond donors (Lipinski definition) is 1. The molecular weight excluding hydrogens is 210 g/mol. The molecule has 0 saturated carbocycles. The van der Waals surface area contributed by atoms with E-state index in [1.54, 1.807) is 0 Å². The Morgan fingerprint density at radius 2 is 2.00 bits per heavy atom. The Hall–Kier alpha value is -1.54. The smallest absolute Gasteiger partial charge is 0.134 e. The van der Waals surface area contributed by atoms with Gasteiger partial charge in [0.25, 0.3) is 0 Å². The van der Waals surface area contributed by atoms with Crippen LogP contribution in [0.1, 0.15) is 25.2 Å². The van der Waals surface area contributed by atoms with Gasteiger partial charge in [-0.25, -0.2) is 0 Å². The van der Waals surface area contributed by atoms with E-state index in [-0.39, 0.29) is 0 Å². The normalized spacial score (nSPS) is 11.1. The molecule has 1 heterocycles. The van der Waals surface area contributed by atoms with Crippen molar-refractivity contribution >= 4 is 0 Å². The Labute approximate surface area is 103 Å². The van der Waals surface area contributed by atoms with Gasteiger partial charge in [0.1, 0.15) is 11.5 Å². The maximum atomic E-state index is 5.81. The zero-order chi connectivity index (χ0) is 12.3.